The fourth-order valence-electron chi connectivity index (χ4n) is 3.72. The number of nitrogens with one attached hydrogen (secondary N) is 1. The summed E-state index contributed by atoms with van der Waals surface area (Å²) in [5.41, 5.74) is 4.96. The standard InChI is InChI=1S/C23H28N2O2/c1-15-10-16(2)12-18(11-15)25-14-17(13-21(25)26)22(27)24-20-9-7-6-8-19(20)23(3,4)5/h6-12,17H,13-14H2,1-5H3,(H,24,27). The molecule has 1 aliphatic rings. The van der Waals surface area contributed by atoms with E-state index in [1.807, 2.05) is 50.2 Å². The zero-order valence-electron chi connectivity index (χ0n) is 16.8. The molecule has 1 unspecified atom stereocenters. The van der Waals surface area contributed by atoms with Gasteiger partial charge in [0.05, 0.1) is 5.92 Å². The lowest BCUT2D eigenvalue weighted by molar-refractivity contribution is -0.122. The van der Waals surface area contributed by atoms with E-state index in [0.29, 0.717) is 6.54 Å². The summed E-state index contributed by atoms with van der Waals surface area (Å²) in [5.74, 6) is -0.428. The lowest BCUT2D eigenvalue weighted by Crippen LogP contribution is -2.29. The molecular weight excluding hydrogens is 336 g/mol. The number of aryl methyl sites for hydroxylation is 2. The normalized spacial score (nSPS) is 17.3. The second-order valence-electron chi connectivity index (χ2n) is 8.54. The van der Waals surface area contributed by atoms with Crippen LogP contribution in [0.15, 0.2) is 42.5 Å². The maximum Gasteiger partial charge on any atom is 0.229 e. The average Bonchev–Trinajstić information content (AvgIpc) is 2.95. The molecule has 0 radical (unpaired) electrons. The van der Waals surface area contributed by atoms with Crippen molar-refractivity contribution in [1.82, 2.24) is 0 Å². The fraction of sp³-hybridized carbons (Fsp3) is 0.391. The minimum atomic E-state index is -0.341. The van der Waals surface area contributed by atoms with Gasteiger partial charge >= 0.3 is 0 Å². The van der Waals surface area contributed by atoms with Crippen LogP contribution < -0.4 is 10.2 Å². The van der Waals surface area contributed by atoms with E-state index in [0.717, 1.165) is 28.1 Å². The van der Waals surface area contributed by atoms with Crippen molar-refractivity contribution in [2.24, 2.45) is 5.92 Å². The number of hydrogen-bond acceptors (Lipinski definition) is 2. The third-order valence-electron chi connectivity index (χ3n) is 5.01. The van der Waals surface area contributed by atoms with Crippen molar-refractivity contribution in [2.45, 2.75) is 46.5 Å². The van der Waals surface area contributed by atoms with Gasteiger partial charge in [-0.05, 0) is 54.2 Å². The van der Waals surface area contributed by atoms with E-state index >= 15 is 0 Å². The maximum absolute atomic E-state index is 12.9. The number of para-hydroxylation sites is 1. The smallest absolute Gasteiger partial charge is 0.229 e. The molecule has 1 saturated heterocycles. The van der Waals surface area contributed by atoms with Crippen molar-refractivity contribution in [2.75, 3.05) is 16.8 Å². The number of amides is 2. The molecule has 2 aromatic carbocycles. The molecule has 0 saturated carbocycles. The number of anilines is 2. The maximum atomic E-state index is 12.9. The van der Waals surface area contributed by atoms with Crippen LogP contribution in [0.3, 0.4) is 0 Å². The Balaban J connectivity index is 1.77. The summed E-state index contributed by atoms with van der Waals surface area (Å²) in [7, 11) is 0. The van der Waals surface area contributed by atoms with Gasteiger partial charge in [-0.25, -0.2) is 0 Å². The monoisotopic (exact) mass is 364 g/mol. The molecule has 1 N–H and O–H groups in total. The van der Waals surface area contributed by atoms with Gasteiger partial charge in [0, 0.05) is 24.3 Å². The quantitative estimate of drug-likeness (QED) is 0.866. The molecule has 0 spiro atoms. The first kappa shape index (κ1) is 19.2. The van der Waals surface area contributed by atoms with Crippen molar-refractivity contribution >= 4 is 23.2 Å². The minimum Gasteiger partial charge on any atom is -0.326 e. The summed E-state index contributed by atoms with van der Waals surface area (Å²) >= 11 is 0. The van der Waals surface area contributed by atoms with Crippen molar-refractivity contribution in [3.63, 3.8) is 0 Å². The number of benzene rings is 2. The molecule has 0 bridgehead atoms. The summed E-state index contributed by atoms with van der Waals surface area (Å²) in [4.78, 5) is 27.1. The minimum absolute atomic E-state index is 0.00394. The van der Waals surface area contributed by atoms with Crippen LogP contribution in [0, 0.1) is 19.8 Å². The number of carbonyl (C=O) groups excluding carboxylic acids is 2. The van der Waals surface area contributed by atoms with Crippen LogP contribution in [0.25, 0.3) is 0 Å². The Morgan fingerprint density at radius 3 is 2.33 bits per heavy atom. The topological polar surface area (TPSA) is 49.4 Å². The molecule has 142 valence electrons. The number of hydrogen-bond donors (Lipinski definition) is 1. The average molecular weight is 364 g/mol. The summed E-state index contributed by atoms with van der Waals surface area (Å²) in [6, 6.07) is 14.0. The van der Waals surface area contributed by atoms with Gasteiger partial charge in [0.1, 0.15) is 0 Å². The molecule has 3 rings (SSSR count). The third-order valence-corrected chi connectivity index (χ3v) is 5.01. The molecule has 1 atom stereocenters. The molecule has 0 aromatic heterocycles. The van der Waals surface area contributed by atoms with E-state index in [2.05, 4.69) is 32.2 Å². The lowest BCUT2D eigenvalue weighted by atomic mass is 9.85. The first-order valence-electron chi connectivity index (χ1n) is 9.44. The Bertz CT molecular complexity index is 860. The lowest BCUT2D eigenvalue weighted by Gasteiger charge is -2.23. The van der Waals surface area contributed by atoms with Crippen LogP contribution in [-0.4, -0.2) is 18.4 Å². The van der Waals surface area contributed by atoms with E-state index in [4.69, 9.17) is 0 Å². The zero-order valence-corrected chi connectivity index (χ0v) is 16.8. The Labute approximate surface area is 161 Å². The van der Waals surface area contributed by atoms with Crippen LogP contribution in [0.4, 0.5) is 11.4 Å². The molecule has 4 nitrogen and oxygen atoms in total. The number of carbonyl (C=O) groups is 2. The van der Waals surface area contributed by atoms with E-state index < -0.39 is 0 Å². The molecular formula is C23H28N2O2. The van der Waals surface area contributed by atoms with Gasteiger partial charge in [-0.1, -0.05) is 45.0 Å². The van der Waals surface area contributed by atoms with Gasteiger partial charge in [-0.2, -0.15) is 0 Å². The van der Waals surface area contributed by atoms with E-state index in [1.54, 1.807) is 4.90 Å². The molecule has 1 fully saturated rings. The molecule has 0 aliphatic carbocycles. The first-order chi connectivity index (χ1) is 12.6. The van der Waals surface area contributed by atoms with Gasteiger partial charge < -0.3 is 10.2 Å². The van der Waals surface area contributed by atoms with Crippen molar-refractivity contribution in [3.05, 3.63) is 59.2 Å². The van der Waals surface area contributed by atoms with Crippen molar-refractivity contribution < 1.29 is 9.59 Å². The second kappa shape index (κ2) is 7.18. The Hall–Kier alpha value is -2.62. The van der Waals surface area contributed by atoms with Gasteiger partial charge in [-0.15, -0.1) is 0 Å². The summed E-state index contributed by atoms with van der Waals surface area (Å²) in [6.45, 7) is 10.8. The van der Waals surface area contributed by atoms with Crippen molar-refractivity contribution in [3.8, 4) is 0 Å². The van der Waals surface area contributed by atoms with Crippen LogP contribution >= 0.6 is 0 Å². The summed E-state index contributed by atoms with van der Waals surface area (Å²) in [5, 5.41) is 3.06. The van der Waals surface area contributed by atoms with Crippen LogP contribution in [0.5, 0.6) is 0 Å². The largest absolute Gasteiger partial charge is 0.326 e. The highest BCUT2D eigenvalue weighted by Crippen LogP contribution is 2.31. The molecule has 4 heteroatoms. The van der Waals surface area contributed by atoms with Gasteiger partial charge in [0.2, 0.25) is 11.8 Å². The van der Waals surface area contributed by atoms with Crippen LogP contribution in [0.2, 0.25) is 0 Å². The van der Waals surface area contributed by atoms with E-state index in [-0.39, 0.29) is 29.6 Å². The highest BCUT2D eigenvalue weighted by molar-refractivity contribution is 6.03. The SMILES string of the molecule is Cc1cc(C)cc(N2CC(C(=O)Nc3ccccc3C(C)(C)C)CC2=O)c1. The number of rotatable bonds is 3. The molecule has 1 heterocycles. The van der Waals surface area contributed by atoms with E-state index in [1.165, 1.54) is 0 Å². The zero-order chi connectivity index (χ0) is 19.8. The molecule has 27 heavy (non-hydrogen) atoms. The highest BCUT2D eigenvalue weighted by Gasteiger charge is 2.35. The Morgan fingerprint density at radius 1 is 1.07 bits per heavy atom. The van der Waals surface area contributed by atoms with Crippen LogP contribution in [-0.2, 0) is 15.0 Å². The van der Waals surface area contributed by atoms with Gasteiger partial charge in [0.15, 0.2) is 0 Å². The molecule has 2 amide bonds. The Morgan fingerprint density at radius 2 is 1.70 bits per heavy atom. The predicted octanol–water partition coefficient (Wildman–Crippen LogP) is 4.59. The van der Waals surface area contributed by atoms with Crippen LogP contribution in [0.1, 0.15) is 43.9 Å². The second-order valence-corrected chi connectivity index (χ2v) is 8.54. The summed E-state index contributed by atoms with van der Waals surface area (Å²) in [6.07, 6.45) is 0.247. The highest BCUT2D eigenvalue weighted by atomic mass is 16.2. The fourth-order valence-corrected chi connectivity index (χ4v) is 3.72. The molecule has 1 aliphatic heterocycles. The number of nitrogens with zero attached hydrogens (tertiary/aromatic N) is 1. The Kier molecular flexibility index (Phi) is 5.09. The first-order valence-corrected chi connectivity index (χ1v) is 9.44. The third kappa shape index (κ3) is 4.21. The summed E-state index contributed by atoms with van der Waals surface area (Å²) < 4.78 is 0. The van der Waals surface area contributed by atoms with E-state index in [9.17, 15) is 9.59 Å². The predicted molar refractivity (Wildman–Crippen MR) is 110 cm³/mol. The molecule has 2 aromatic rings. The van der Waals surface area contributed by atoms with Gasteiger partial charge in [0.25, 0.3) is 0 Å². The van der Waals surface area contributed by atoms with Crippen molar-refractivity contribution in [1.29, 1.82) is 0 Å². The van der Waals surface area contributed by atoms with Gasteiger partial charge in [-0.3, -0.25) is 9.59 Å².